The van der Waals surface area contributed by atoms with Gasteiger partial charge in [0.15, 0.2) is 0 Å². The lowest BCUT2D eigenvalue weighted by molar-refractivity contribution is 0.303. The van der Waals surface area contributed by atoms with Gasteiger partial charge < -0.3 is 9.94 Å². The number of hydrogen-bond donors (Lipinski definition) is 1. The van der Waals surface area contributed by atoms with Gasteiger partial charge in [-0.15, -0.1) is 0 Å². The Balaban J connectivity index is 2.24. The van der Waals surface area contributed by atoms with Crippen LogP contribution in [-0.4, -0.2) is 10.9 Å². The van der Waals surface area contributed by atoms with Crippen molar-refractivity contribution in [3.63, 3.8) is 0 Å². The Morgan fingerprint density at radius 3 is 2.71 bits per heavy atom. The predicted octanol–water partition coefficient (Wildman–Crippen LogP) is 4.56. The summed E-state index contributed by atoms with van der Waals surface area (Å²) >= 11 is 6.15. The van der Waals surface area contributed by atoms with E-state index in [4.69, 9.17) is 21.5 Å². The van der Waals surface area contributed by atoms with E-state index < -0.39 is 5.82 Å². The summed E-state index contributed by atoms with van der Waals surface area (Å²) in [7, 11) is 0. The van der Waals surface area contributed by atoms with Gasteiger partial charge in [0, 0.05) is 16.1 Å². The molecule has 3 nitrogen and oxygen atoms in total. The van der Waals surface area contributed by atoms with Gasteiger partial charge in [-0.1, -0.05) is 28.9 Å². The second kappa shape index (κ2) is 6.59. The van der Waals surface area contributed by atoms with Crippen molar-refractivity contribution < 1.29 is 14.3 Å². The first-order chi connectivity index (χ1) is 10.0. The number of hydrogen-bond acceptors (Lipinski definition) is 3. The molecular weight excluding hydrogens is 293 g/mol. The maximum atomic E-state index is 13.3. The van der Waals surface area contributed by atoms with Gasteiger partial charge in [-0.2, -0.15) is 0 Å². The minimum atomic E-state index is -0.422. The monoisotopic (exact) mass is 307 g/mol. The average Bonchev–Trinajstić information content (AvgIpc) is 2.46. The number of benzene rings is 2. The Bertz CT molecular complexity index is 686. The molecule has 0 aliphatic heterocycles. The zero-order valence-corrected chi connectivity index (χ0v) is 12.5. The van der Waals surface area contributed by atoms with E-state index in [2.05, 4.69) is 5.16 Å². The van der Waals surface area contributed by atoms with Gasteiger partial charge in [0.2, 0.25) is 0 Å². The lowest BCUT2D eigenvalue weighted by Gasteiger charge is -2.12. The molecule has 21 heavy (non-hydrogen) atoms. The number of rotatable bonds is 4. The van der Waals surface area contributed by atoms with Crippen LogP contribution in [0.2, 0.25) is 5.02 Å². The standard InChI is InChI=1S/C16H15ClFNO2/c1-10-3-4-12(15(17)7-10)9-21-16-6-5-13(18)8-14(16)11(2)19-20/h3-8,20H,9H2,1-2H3/b19-11-. The molecule has 5 heteroatoms. The Labute approximate surface area is 127 Å². The molecule has 0 fully saturated rings. The summed E-state index contributed by atoms with van der Waals surface area (Å²) in [6.07, 6.45) is 0. The van der Waals surface area contributed by atoms with Crippen LogP contribution in [0.5, 0.6) is 5.75 Å². The highest BCUT2D eigenvalue weighted by atomic mass is 35.5. The summed E-state index contributed by atoms with van der Waals surface area (Å²) in [5.41, 5.74) is 2.57. The lowest BCUT2D eigenvalue weighted by atomic mass is 10.1. The highest BCUT2D eigenvalue weighted by molar-refractivity contribution is 6.31. The van der Waals surface area contributed by atoms with Gasteiger partial charge in [0.25, 0.3) is 0 Å². The van der Waals surface area contributed by atoms with E-state index >= 15 is 0 Å². The van der Waals surface area contributed by atoms with E-state index in [-0.39, 0.29) is 12.3 Å². The molecule has 2 aromatic carbocycles. The summed E-state index contributed by atoms with van der Waals surface area (Å²) in [5, 5.41) is 12.6. The van der Waals surface area contributed by atoms with Gasteiger partial charge >= 0.3 is 0 Å². The zero-order chi connectivity index (χ0) is 15.4. The lowest BCUT2D eigenvalue weighted by Crippen LogP contribution is -2.03. The molecule has 0 unspecified atom stereocenters. The second-order valence-corrected chi connectivity index (χ2v) is 5.12. The Kier molecular flexibility index (Phi) is 4.81. The Morgan fingerprint density at radius 2 is 2.05 bits per heavy atom. The molecule has 0 heterocycles. The third kappa shape index (κ3) is 3.73. The van der Waals surface area contributed by atoms with Crippen LogP contribution in [0.4, 0.5) is 4.39 Å². The Hall–Kier alpha value is -2.07. The topological polar surface area (TPSA) is 41.8 Å². The van der Waals surface area contributed by atoms with Crippen molar-refractivity contribution in [1.82, 2.24) is 0 Å². The number of halogens is 2. The first-order valence-corrected chi connectivity index (χ1v) is 6.75. The van der Waals surface area contributed by atoms with Crippen molar-refractivity contribution in [1.29, 1.82) is 0 Å². The number of nitrogens with zero attached hydrogens (tertiary/aromatic N) is 1. The fraction of sp³-hybridized carbons (Fsp3) is 0.188. The van der Waals surface area contributed by atoms with E-state index in [0.29, 0.717) is 16.3 Å². The molecule has 0 bridgehead atoms. The van der Waals surface area contributed by atoms with Crippen LogP contribution >= 0.6 is 11.6 Å². The van der Waals surface area contributed by atoms with Crippen molar-refractivity contribution in [2.24, 2.45) is 5.16 Å². The van der Waals surface area contributed by atoms with Gasteiger partial charge in [0.05, 0.1) is 5.71 Å². The van der Waals surface area contributed by atoms with Crippen molar-refractivity contribution in [2.75, 3.05) is 0 Å². The van der Waals surface area contributed by atoms with Crippen LogP contribution < -0.4 is 4.74 Å². The molecule has 0 aliphatic rings. The van der Waals surface area contributed by atoms with Gasteiger partial charge in [-0.25, -0.2) is 4.39 Å². The average molecular weight is 308 g/mol. The van der Waals surface area contributed by atoms with Crippen molar-refractivity contribution in [2.45, 2.75) is 20.5 Å². The van der Waals surface area contributed by atoms with Crippen molar-refractivity contribution in [3.8, 4) is 5.75 Å². The summed E-state index contributed by atoms with van der Waals surface area (Å²) < 4.78 is 19.0. The second-order valence-electron chi connectivity index (χ2n) is 4.71. The van der Waals surface area contributed by atoms with Crippen LogP contribution in [0, 0.1) is 12.7 Å². The maximum absolute atomic E-state index is 13.3. The molecule has 1 N–H and O–H groups in total. The molecule has 2 rings (SSSR count). The van der Waals surface area contributed by atoms with E-state index in [1.165, 1.54) is 18.2 Å². The molecule has 0 amide bonds. The third-order valence-corrected chi connectivity index (χ3v) is 3.42. The molecule has 0 saturated heterocycles. The highest BCUT2D eigenvalue weighted by Crippen LogP contribution is 2.24. The summed E-state index contributed by atoms with van der Waals surface area (Å²) in [6, 6.07) is 9.74. The van der Waals surface area contributed by atoms with E-state index in [1.807, 2.05) is 25.1 Å². The molecule has 0 aliphatic carbocycles. The Morgan fingerprint density at radius 1 is 1.29 bits per heavy atom. The summed E-state index contributed by atoms with van der Waals surface area (Å²) in [4.78, 5) is 0. The number of aryl methyl sites for hydroxylation is 1. The van der Waals surface area contributed by atoms with E-state index in [1.54, 1.807) is 6.92 Å². The molecule has 0 aromatic heterocycles. The first-order valence-electron chi connectivity index (χ1n) is 6.37. The largest absolute Gasteiger partial charge is 0.488 e. The fourth-order valence-electron chi connectivity index (χ4n) is 1.89. The number of ether oxygens (including phenoxy) is 1. The zero-order valence-electron chi connectivity index (χ0n) is 11.7. The highest BCUT2D eigenvalue weighted by Gasteiger charge is 2.10. The molecule has 0 saturated carbocycles. The summed E-state index contributed by atoms with van der Waals surface area (Å²) in [6.45, 7) is 3.77. The fourth-order valence-corrected chi connectivity index (χ4v) is 2.18. The summed E-state index contributed by atoms with van der Waals surface area (Å²) in [5.74, 6) is 0.0112. The van der Waals surface area contributed by atoms with E-state index in [0.717, 1.165) is 11.1 Å². The molecule has 0 spiro atoms. The molecule has 2 aromatic rings. The molecular formula is C16H15ClFNO2. The minimum Gasteiger partial charge on any atom is -0.488 e. The number of oxime groups is 1. The van der Waals surface area contributed by atoms with Gasteiger partial charge in [-0.05, 0) is 43.7 Å². The molecule has 110 valence electrons. The molecule has 0 atom stereocenters. The predicted molar refractivity (Wildman–Crippen MR) is 80.9 cm³/mol. The maximum Gasteiger partial charge on any atom is 0.129 e. The molecule has 0 radical (unpaired) electrons. The van der Waals surface area contributed by atoms with Crippen LogP contribution in [-0.2, 0) is 6.61 Å². The SMILES string of the molecule is C/C(=N/O)c1cc(F)ccc1OCc1ccc(C)cc1Cl. The van der Waals surface area contributed by atoms with Crippen LogP contribution in [0.25, 0.3) is 0 Å². The van der Waals surface area contributed by atoms with Crippen LogP contribution in [0.1, 0.15) is 23.6 Å². The van der Waals surface area contributed by atoms with Gasteiger partial charge in [0.1, 0.15) is 18.2 Å². The minimum absolute atomic E-state index is 0.246. The van der Waals surface area contributed by atoms with Crippen LogP contribution in [0.15, 0.2) is 41.6 Å². The quantitative estimate of drug-likeness (QED) is 0.511. The van der Waals surface area contributed by atoms with Crippen LogP contribution in [0.3, 0.4) is 0 Å². The first kappa shape index (κ1) is 15.3. The van der Waals surface area contributed by atoms with Crippen molar-refractivity contribution >= 4 is 17.3 Å². The van der Waals surface area contributed by atoms with Crippen molar-refractivity contribution in [3.05, 3.63) is 63.9 Å². The third-order valence-electron chi connectivity index (χ3n) is 3.07. The van der Waals surface area contributed by atoms with Gasteiger partial charge in [-0.3, -0.25) is 0 Å². The normalized spacial score (nSPS) is 11.5. The smallest absolute Gasteiger partial charge is 0.129 e. The van der Waals surface area contributed by atoms with E-state index in [9.17, 15) is 4.39 Å².